The van der Waals surface area contributed by atoms with Gasteiger partial charge in [0, 0.05) is 37.0 Å². The van der Waals surface area contributed by atoms with Crippen molar-refractivity contribution in [2.75, 3.05) is 6.54 Å². The first-order valence-electron chi connectivity index (χ1n) is 7.40. The topological polar surface area (TPSA) is 61.9 Å². The molecule has 112 valence electrons. The lowest BCUT2D eigenvalue weighted by molar-refractivity contribution is 0.241. The van der Waals surface area contributed by atoms with Crippen LogP contribution in [-0.4, -0.2) is 26.4 Å². The number of nitrogens with zero attached hydrogens (tertiary/aromatic N) is 3. The number of fused-ring (bicyclic) bond motifs is 1. The maximum absolute atomic E-state index is 12.2. The summed E-state index contributed by atoms with van der Waals surface area (Å²) in [6, 6.07) is 0. The molecule has 0 saturated heterocycles. The fourth-order valence-electron chi connectivity index (χ4n) is 2.69. The monoisotopic (exact) mass is 304 g/mol. The Labute approximate surface area is 128 Å². The van der Waals surface area contributed by atoms with Crippen LogP contribution in [0.2, 0.25) is 0 Å². The minimum absolute atomic E-state index is 0.0310. The van der Waals surface area contributed by atoms with Gasteiger partial charge in [0.05, 0.1) is 17.8 Å². The van der Waals surface area contributed by atoms with E-state index in [9.17, 15) is 4.79 Å². The molecule has 3 rings (SSSR count). The number of thiazole rings is 1. The van der Waals surface area contributed by atoms with Crippen molar-refractivity contribution < 1.29 is 0 Å². The lowest BCUT2D eigenvalue weighted by atomic mass is 10.1. The van der Waals surface area contributed by atoms with E-state index in [0.29, 0.717) is 6.54 Å². The number of aromatic nitrogens is 3. The summed E-state index contributed by atoms with van der Waals surface area (Å²) in [5.74, 6) is 0.824. The Bertz CT molecular complexity index is 691. The van der Waals surface area contributed by atoms with Crippen LogP contribution in [0.3, 0.4) is 0 Å². The molecular weight excluding hydrogens is 284 g/mol. The van der Waals surface area contributed by atoms with Crippen molar-refractivity contribution >= 4 is 11.3 Å². The smallest absolute Gasteiger partial charge is 0.255 e. The van der Waals surface area contributed by atoms with E-state index < -0.39 is 0 Å². The molecule has 5 nitrogen and oxygen atoms in total. The van der Waals surface area contributed by atoms with Gasteiger partial charge in [0.2, 0.25) is 0 Å². The van der Waals surface area contributed by atoms with E-state index in [2.05, 4.69) is 32.2 Å². The third kappa shape index (κ3) is 3.22. The minimum Gasteiger partial charge on any atom is -0.310 e. The van der Waals surface area contributed by atoms with E-state index >= 15 is 0 Å². The van der Waals surface area contributed by atoms with Crippen LogP contribution in [-0.2, 0) is 25.9 Å². The summed E-state index contributed by atoms with van der Waals surface area (Å²) < 4.78 is 0. The van der Waals surface area contributed by atoms with Crippen molar-refractivity contribution in [1.29, 1.82) is 0 Å². The third-order valence-corrected chi connectivity index (χ3v) is 4.66. The lowest BCUT2D eigenvalue weighted by Gasteiger charge is -2.26. The van der Waals surface area contributed by atoms with E-state index in [1.165, 1.54) is 0 Å². The van der Waals surface area contributed by atoms with Crippen LogP contribution in [0, 0.1) is 6.92 Å². The van der Waals surface area contributed by atoms with Gasteiger partial charge in [0.25, 0.3) is 5.56 Å². The summed E-state index contributed by atoms with van der Waals surface area (Å²) in [5.41, 5.74) is 2.91. The predicted molar refractivity (Wildman–Crippen MR) is 83.5 cm³/mol. The summed E-state index contributed by atoms with van der Waals surface area (Å²) in [4.78, 5) is 26.5. The summed E-state index contributed by atoms with van der Waals surface area (Å²) in [6.45, 7) is 6.52. The molecule has 0 aromatic carbocycles. The number of hydrogen-bond donors (Lipinski definition) is 1. The molecule has 1 aliphatic heterocycles. The average molecular weight is 304 g/mol. The highest BCUT2D eigenvalue weighted by molar-refractivity contribution is 7.09. The molecule has 0 saturated carbocycles. The first-order valence-corrected chi connectivity index (χ1v) is 8.28. The van der Waals surface area contributed by atoms with Crippen molar-refractivity contribution in [3.63, 3.8) is 0 Å². The summed E-state index contributed by atoms with van der Waals surface area (Å²) in [7, 11) is 0. The van der Waals surface area contributed by atoms with Gasteiger partial charge in [-0.3, -0.25) is 9.69 Å². The van der Waals surface area contributed by atoms with Gasteiger partial charge in [0.15, 0.2) is 0 Å². The Morgan fingerprint density at radius 2 is 2.29 bits per heavy atom. The highest BCUT2D eigenvalue weighted by Gasteiger charge is 2.21. The van der Waals surface area contributed by atoms with Crippen molar-refractivity contribution in [3.05, 3.63) is 43.5 Å². The van der Waals surface area contributed by atoms with E-state index in [4.69, 9.17) is 0 Å². The predicted octanol–water partition coefficient (Wildman–Crippen LogP) is 2.05. The van der Waals surface area contributed by atoms with E-state index in [0.717, 1.165) is 60.1 Å². The van der Waals surface area contributed by atoms with Crippen LogP contribution in [0.5, 0.6) is 0 Å². The van der Waals surface area contributed by atoms with Gasteiger partial charge in [-0.05, 0) is 13.3 Å². The number of nitrogens with one attached hydrogen (secondary N) is 1. The maximum Gasteiger partial charge on any atom is 0.255 e. The highest BCUT2D eigenvalue weighted by Crippen LogP contribution is 2.18. The summed E-state index contributed by atoms with van der Waals surface area (Å²) >= 11 is 1.68. The zero-order valence-corrected chi connectivity index (χ0v) is 13.3. The quantitative estimate of drug-likeness (QED) is 0.939. The van der Waals surface area contributed by atoms with E-state index in [1.807, 2.05) is 6.92 Å². The van der Waals surface area contributed by atoms with E-state index in [-0.39, 0.29) is 5.56 Å². The molecule has 0 bridgehead atoms. The van der Waals surface area contributed by atoms with Gasteiger partial charge in [-0.15, -0.1) is 11.3 Å². The Hall–Kier alpha value is -1.53. The second kappa shape index (κ2) is 6.07. The van der Waals surface area contributed by atoms with Crippen LogP contribution in [0.4, 0.5) is 0 Å². The Morgan fingerprint density at radius 1 is 1.43 bits per heavy atom. The molecule has 1 aliphatic rings. The van der Waals surface area contributed by atoms with Crippen LogP contribution >= 0.6 is 11.3 Å². The molecule has 0 amide bonds. The maximum atomic E-state index is 12.2. The summed E-state index contributed by atoms with van der Waals surface area (Å²) in [6.07, 6.45) is 2.68. The van der Waals surface area contributed by atoms with Crippen LogP contribution < -0.4 is 5.56 Å². The molecular formula is C15H20N4OS. The number of rotatable bonds is 4. The number of aromatic amines is 1. The fourth-order valence-corrected chi connectivity index (χ4v) is 3.50. The minimum atomic E-state index is 0.0310. The van der Waals surface area contributed by atoms with Gasteiger partial charge in [0.1, 0.15) is 10.8 Å². The summed E-state index contributed by atoms with van der Waals surface area (Å²) in [5, 5.41) is 3.18. The average Bonchev–Trinajstić information content (AvgIpc) is 2.85. The number of aryl methyl sites for hydroxylation is 2. The Kier molecular flexibility index (Phi) is 4.17. The molecule has 0 fully saturated rings. The van der Waals surface area contributed by atoms with Crippen molar-refractivity contribution in [2.24, 2.45) is 0 Å². The van der Waals surface area contributed by atoms with Crippen LogP contribution in [0.15, 0.2) is 10.2 Å². The number of hydrogen-bond acceptors (Lipinski definition) is 5. The SMILES string of the molecule is CCCc1nc2c(c(=O)[nH]1)CN(Cc1nc(C)cs1)CC2. The molecule has 0 atom stereocenters. The van der Waals surface area contributed by atoms with Gasteiger partial charge in [-0.25, -0.2) is 9.97 Å². The number of H-pyrrole nitrogens is 1. The Morgan fingerprint density at radius 3 is 3.00 bits per heavy atom. The van der Waals surface area contributed by atoms with Crippen molar-refractivity contribution in [1.82, 2.24) is 19.9 Å². The Balaban J connectivity index is 1.77. The molecule has 6 heteroatoms. The molecule has 2 aromatic heterocycles. The largest absolute Gasteiger partial charge is 0.310 e. The van der Waals surface area contributed by atoms with Crippen molar-refractivity contribution in [3.8, 4) is 0 Å². The molecule has 3 heterocycles. The second-order valence-corrected chi connectivity index (χ2v) is 6.47. The highest BCUT2D eigenvalue weighted by atomic mass is 32.1. The zero-order valence-electron chi connectivity index (χ0n) is 12.5. The molecule has 2 aromatic rings. The van der Waals surface area contributed by atoms with Crippen molar-refractivity contribution in [2.45, 2.75) is 46.2 Å². The lowest BCUT2D eigenvalue weighted by Crippen LogP contribution is -2.35. The van der Waals surface area contributed by atoms with Crippen LogP contribution in [0.25, 0.3) is 0 Å². The standard InChI is InChI=1S/C15H20N4OS/c1-3-4-13-17-12-5-6-19(7-11(12)15(20)18-13)8-14-16-10(2)9-21-14/h9H,3-8H2,1-2H3,(H,17,18,20). The van der Waals surface area contributed by atoms with Gasteiger partial charge >= 0.3 is 0 Å². The molecule has 21 heavy (non-hydrogen) atoms. The first kappa shape index (κ1) is 14.4. The van der Waals surface area contributed by atoms with Crippen LogP contribution in [0.1, 0.15) is 41.1 Å². The second-order valence-electron chi connectivity index (χ2n) is 5.53. The zero-order chi connectivity index (χ0) is 14.8. The fraction of sp³-hybridized carbons (Fsp3) is 0.533. The van der Waals surface area contributed by atoms with E-state index in [1.54, 1.807) is 11.3 Å². The van der Waals surface area contributed by atoms with Gasteiger partial charge in [-0.2, -0.15) is 0 Å². The first-order chi connectivity index (χ1) is 10.2. The normalized spacial score (nSPS) is 15.1. The molecule has 0 unspecified atom stereocenters. The molecule has 0 spiro atoms. The molecule has 0 radical (unpaired) electrons. The van der Waals surface area contributed by atoms with Gasteiger partial charge in [-0.1, -0.05) is 6.92 Å². The van der Waals surface area contributed by atoms with Gasteiger partial charge < -0.3 is 4.98 Å². The third-order valence-electron chi connectivity index (χ3n) is 3.71. The molecule has 1 N–H and O–H groups in total. The molecule has 0 aliphatic carbocycles.